The second-order valence-corrected chi connectivity index (χ2v) is 11.1. The first-order valence-electron chi connectivity index (χ1n) is 9.48. The molecule has 178 valence electrons. The summed E-state index contributed by atoms with van der Waals surface area (Å²) in [6, 6.07) is -0.922. The van der Waals surface area contributed by atoms with Crippen LogP contribution in [0.5, 0.6) is 0 Å². The molecule has 0 radical (unpaired) electrons. The number of hydrogen-bond acceptors (Lipinski definition) is 13. The number of nitrogen functional groups attached to an aromatic ring is 1. The molecule has 0 aliphatic carbocycles. The highest BCUT2D eigenvalue weighted by atomic mass is 32.2. The Hall–Kier alpha value is -2.95. The van der Waals surface area contributed by atoms with Crippen molar-refractivity contribution in [1.82, 2.24) is 25.4 Å². The normalized spacial score (nSPS) is 20.4. The highest BCUT2D eigenvalue weighted by Crippen LogP contribution is 2.41. The van der Waals surface area contributed by atoms with Crippen LogP contribution in [0.2, 0.25) is 0 Å². The molecule has 2 amide bonds. The molecule has 4 N–H and O–H groups in total. The average molecular weight is 540 g/mol. The van der Waals surface area contributed by atoms with Gasteiger partial charge in [-0.1, -0.05) is 28.3 Å². The van der Waals surface area contributed by atoms with Gasteiger partial charge in [0.2, 0.25) is 0 Å². The number of carbonyl (C=O) groups is 3. The lowest BCUT2D eigenvalue weighted by Gasteiger charge is -2.49. The van der Waals surface area contributed by atoms with Gasteiger partial charge in [-0.25, -0.2) is 9.78 Å². The molecule has 0 spiro atoms. The predicted molar refractivity (Wildman–Crippen MR) is 129 cm³/mol. The lowest BCUT2D eigenvalue weighted by Crippen LogP contribution is -2.71. The molecule has 1 saturated heterocycles. The van der Waals surface area contributed by atoms with E-state index in [2.05, 4.69) is 25.7 Å². The summed E-state index contributed by atoms with van der Waals surface area (Å²) in [5.41, 5.74) is 6.08. The third-order valence-electron chi connectivity index (χ3n) is 4.59. The number of carboxylic acids is 1. The molecule has 0 saturated carbocycles. The summed E-state index contributed by atoms with van der Waals surface area (Å²) in [6.07, 6.45) is 1.66. The van der Waals surface area contributed by atoms with Crippen molar-refractivity contribution >= 4 is 74.8 Å². The molecule has 2 aliphatic rings. The standard InChI is InChI=1S/C18H17N7O5S4/c1-7-22-23-18(34-7)31-4-3-8-5-32-15-11(14(27)25(15)12(8)16(28)29)21-13(26)10(24-30-2)9-6-33-17(19)20-9/h3-4,6,11,15H,5H2,1-2H3,(H2,19,20)(H,21,26)(H,28,29). The van der Waals surface area contributed by atoms with E-state index in [1.807, 2.05) is 6.92 Å². The lowest BCUT2D eigenvalue weighted by atomic mass is 10.0. The zero-order valence-electron chi connectivity index (χ0n) is 17.6. The minimum absolute atomic E-state index is 0.109. The first-order valence-corrected chi connectivity index (χ1v) is 13.1. The molecule has 2 aromatic rings. The molecular weight excluding hydrogens is 523 g/mol. The predicted octanol–water partition coefficient (Wildman–Crippen LogP) is 1.28. The van der Waals surface area contributed by atoms with E-state index in [0.29, 0.717) is 11.3 Å². The van der Waals surface area contributed by atoms with Crippen LogP contribution in [0.25, 0.3) is 0 Å². The summed E-state index contributed by atoms with van der Waals surface area (Å²) in [5.74, 6) is -2.09. The number of thioether (sulfide) groups is 2. The van der Waals surface area contributed by atoms with Gasteiger partial charge in [-0.15, -0.1) is 33.3 Å². The number of hydrogen-bond donors (Lipinski definition) is 3. The Kier molecular flexibility index (Phi) is 7.20. The Labute approximate surface area is 209 Å². The van der Waals surface area contributed by atoms with Crippen molar-refractivity contribution in [2.24, 2.45) is 5.16 Å². The second kappa shape index (κ2) is 10.1. The van der Waals surface area contributed by atoms with Crippen molar-refractivity contribution in [2.45, 2.75) is 22.7 Å². The molecule has 16 heteroatoms. The van der Waals surface area contributed by atoms with E-state index in [1.165, 1.54) is 46.9 Å². The van der Waals surface area contributed by atoms with Gasteiger partial charge in [0.05, 0.1) is 0 Å². The fourth-order valence-corrected chi connectivity index (χ4v) is 6.61. The van der Waals surface area contributed by atoms with Crippen LogP contribution in [-0.2, 0) is 19.2 Å². The van der Waals surface area contributed by atoms with Gasteiger partial charge in [0.15, 0.2) is 15.2 Å². The Morgan fingerprint density at radius 1 is 1.44 bits per heavy atom. The minimum Gasteiger partial charge on any atom is -0.477 e. The van der Waals surface area contributed by atoms with Crippen LogP contribution in [0, 0.1) is 6.92 Å². The minimum atomic E-state index is -1.22. The van der Waals surface area contributed by atoms with Crippen molar-refractivity contribution in [3.8, 4) is 0 Å². The van der Waals surface area contributed by atoms with Crippen LogP contribution in [0.1, 0.15) is 10.7 Å². The van der Waals surface area contributed by atoms with Crippen LogP contribution in [0.4, 0.5) is 5.13 Å². The molecule has 34 heavy (non-hydrogen) atoms. The summed E-state index contributed by atoms with van der Waals surface area (Å²) in [6.45, 7) is 1.84. The number of oxime groups is 1. The molecular formula is C18H17N7O5S4. The Balaban J connectivity index is 1.49. The van der Waals surface area contributed by atoms with Gasteiger partial charge in [0.25, 0.3) is 11.8 Å². The fourth-order valence-electron chi connectivity index (χ4n) is 3.17. The van der Waals surface area contributed by atoms with Gasteiger partial charge in [0, 0.05) is 11.1 Å². The molecule has 1 fully saturated rings. The summed E-state index contributed by atoms with van der Waals surface area (Å²) in [4.78, 5) is 47.6. The zero-order valence-corrected chi connectivity index (χ0v) is 20.9. The number of thiazole rings is 1. The van der Waals surface area contributed by atoms with Gasteiger partial charge < -0.3 is 21.0 Å². The molecule has 0 bridgehead atoms. The number of nitrogens with two attached hydrogens (primary N) is 1. The highest BCUT2D eigenvalue weighted by Gasteiger charge is 2.54. The smallest absolute Gasteiger partial charge is 0.352 e. The van der Waals surface area contributed by atoms with E-state index < -0.39 is 29.2 Å². The van der Waals surface area contributed by atoms with E-state index in [-0.39, 0.29) is 22.2 Å². The molecule has 2 aliphatic heterocycles. The number of nitrogens with one attached hydrogen (secondary N) is 1. The second-order valence-electron chi connectivity index (χ2n) is 6.74. The molecule has 2 atom stereocenters. The fraction of sp³-hybridized carbons (Fsp3) is 0.278. The SMILES string of the molecule is CON=C(C(=O)NC1C(=O)N2C(C(=O)O)=C(C=CSc3nnc(C)s3)CSC12)c1csc(N)n1. The first kappa shape index (κ1) is 24.2. The maximum atomic E-state index is 12.9. The number of amides is 2. The summed E-state index contributed by atoms with van der Waals surface area (Å²) >= 11 is 5.22. The number of β-lactam (4-membered cyclic amide) rings is 1. The van der Waals surface area contributed by atoms with Crippen LogP contribution in [0.3, 0.4) is 0 Å². The van der Waals surface area contributed by atoms with Crippen LogP contribution in [0.15, 0.2) is 37.6 Å². The summed E-state index contributed by atoms with van der Waals surface area (Å²) < 4.78 is 0.728. The summed E-state index contributed by atoms with van der Waals surface area (Å²) in [7, 11) is 1.28. The molecule has 4 heterocycles. The lowest BCUT2D eigenvalue weighted by molar-refractivity contribution is -0.150. The quantitative estimate of drug-likeness (QED) is 0.191. The number of nitrogens with zero attached hydrogens (tertiary/aromatic N) is 5. The van der Waals surface area contributed by atoms with Gasteiger partial charge in [-0.3, -0.25) is 14.5 Å². The monoisotopic (exact) mass is 539 g/mol. The number of anilines is 1. The van der Waals surface area contributed by atoms with Crippen LogP contribution >= 0.6 is 46.2 Å². The number of carboxylic acid groups (broad SMARTS) is 1. The number of aliphatic carboxylic acids is 1. The van der Waals surface area contributed by atoms with E-state index in [4.69, 9.17) is 10.6 Å². The number of aromatic nitrogens is 3. The third kappa shape index (κ3) is 4.79. The van der Waals surface area contributed by atoms with E-state index >= 15 is 0 Å². The Morgan fingerprint density at radius 2 is 2.24 bits per heavy atom. The van der Waals surface area contributed by atoms with Gasteiger partial charge in [-0.2, -0.15) is 0 Å². The van der Waals surface area contributed by atoms with Crippen molar-refractivity contribution in [3.63, 3.8) is 0 Å². The van der Waals surface area contributed by atoms with Crippen molar-refractivity contribution in [1.29, 1.82) is 0 Å². The van der Waals surface area contributed by atoms with Gasteiger partial charge in [-0.05, 0) is 24.0 Å². The number of allylic oxidation sites excluding steroid dienone is 1. The number of carbonyl (C=O) groups excluding carboxylic acids is 2. The van der Waals surface area contributed by atoms with Crippen molar-refractivity contribution in [3.05, 3.63) is 38.8 Å². The summed E-state index contributed by atoms with van der Waals surface area (Å²) in [5, 5.41) is 27.8. The molecule has 12 nitrogen and oxygen atoms in total. The molecule has 2 aromatic heterocycles. The first-order chi connectivity index (χ1) is 16.3. The largest absolute Gasteiger partial charge is 0.477 e. The Bertz CT molecular complexity index is 1240. The topological polar surface area (TPSA) is 173 Å². The van der Waals surface area contributed by atoms with Gasteiger partial charge >= 0.3 is 5.97 Å². The Morgan fingerprint density at radius 3 is 2.85 bits per heavy atom. The van der Waals surface area contributed by atoms with Gasteiger partial charge in [0.1, 0.15) is 34.9 Å². The van der Waals surface area contributed by atoms with Crippen LogP contribution < -0.4 is 11.1 Å². The maximum Gasteiger partial charge on any atom is 0.352 e. The average Bonchev–Trinajstić information content (AvgIpc) is 3.42. The maximum absolute atomic E-state index is 12.9. The number of aryl methyl sites for hydroxylation is 1. The van der Waals surface area contributed by atoms with Crippen LogP contribution in [-0.4, -0.2) is 73.0 Å². The third-order valence-corrected chi connectivity index (χ3v) is 8.30. The van der Waals surface area contributed by atoms with E-state index in [9.17, 15) is 19.5 Å². The molecule has 4 rings (SSSR count). The van der Waals surface area contributed by atoms with E-state index in [1.54, 1.807) is 16.9 Å². The van der Waals surface area contributed by atoms with Crippen molar-refractivity contribution < 1.29 is 24.3 Å². The molecule has 0 aromatic carbocycles. The number of rotatable bonds is 8. The zero-order chi connectivity index (χ0) is 24.4. The van der Waals surface area contributed by atoms with E-state index in [0.717, 1.165) is 20.7 Å². The molecule has 2 unspecified atom stereocenters. The highest BCUT2D eigenvalue weighted by molar-refractivity contribution is 8.03. The number of fused-ring (bicyclic) bond motifs is 1. The van der Waals surface area contributed by atoms with Crippen molar-refractivity contribution in [2.75, 3.05) is 18.6 Å².